The minimum absolute atomic E-state index is 0.294. The van der Waals surface area contributed by atoms with E-state index in [1.54, 1.807) is 12.1 Å². The summed E-state index contributed by atoms with van der Waals surface area (Å²) in [5.74, 6) is -2.65. The fourth-order valence-electron chi connectivity index (χ4n) is 0.996. The lowest BCUT2D eigenvalue weighted by atomic mass is 10.2. The fourth-order valence-corrected chi connectivity index (χ4v) is 0.996. The summed E-state index contributed by atoms with van der Waals surface area (Å²) in [5.41, 5.74) is 0. The van der Waals surface area contributed by atoms with Gasteiger partial charge in [-0.2, -0.15) is 10.5 Å². The van der Waals surface area contributed by atoms with E-state index in [0.29, 0.717) is 0 Å². The molecule has 0 radical (unpaired) electrons. The molecule has 0 spiro atoms. The lowest BCUT2D eigenvalue weighted by molar-refractivity contribution is -0.149. The van der Waals surface area contributed by atoms with Gasteiger partial charge in [0.1, 0.15) is 6.04 Å². The molecule has 80 valence electrons. The van der Waals surface area contributed by atoms with Gasteiger partial charge in [0.05, 0.1) is 31.6 Å². The first-order valence-electron chi connectivity index (χ1n) is 3.95. The van der Waals surface area contributed by atoms with Gasteiger partial charge in [-0.25, -0.2) is 0 Å². The largest absolute Gasteiger partial charge is 0.481 e. The Labute approximate surface area is 85.8 Å². The zero-order valence-electron chi connectivity index (χ0n) is 7.75. The van der Waals surface area contributed by atoms with Gasteiger partial charge in [0.15, 0.2) is 0 Å². The highest BCUT2D eigenvalue weighted by atomic mass is 16.4. The number of hydrogen-bond acceptors (Lipinski definition) is 5. The van der Waals surface area contributed by atoms with Crippen LogP contribution < -0.4 is 0 Å². The van der Waals surface area contributed by atoms with Crippen molar-refractivity contribution in [1.29, 1.82) is 10.5 Å². The van der Waals surface area contributed by atoms with Crippen molar-refractivity contribution in [3.05, 3.63) is 0 Å². The molecule has 0 aliphatic rings. The van der Waals surface area contributed by atoms with E-state index in [-0.39, 0.29) is 13.1 Å². The van der Waals surface area contributed by atoms with Crippen LogP contribution in [-0.2, 0) is 9.59 Å². The van der Waals surface area contributed by atoms with E-state index in [1.807, 2.05) is 0 Å². The number of hydrogen-bond donors (Lipinski definition) is 2. The van der Waals surface area contributed by atoms with Gasteiger partial charge >= 0.3 is 11.9 Å². The van der Waals surface area contributed by atoms with Crippen molar-refractivity contribution < 1.29 is 19.8 Å². The standard InChI is InChI=1S/C8H9N3O4/c9-1-3-11(4-2-10)6(8(14)15)5-7(12)13/h6H,3-5H2,(H,12,13)(H,14,15). The third kappa shape index (κ3) is 4.60. The summed E-state index contributed by atoms with van der Waals surface area (Å²) in [7, 11) is 0. The Morgan fingerprint density at radius 2 is 1.67 bits per heavy atom. The van der Waals surface area contributed by atoms with Gasteiger partial charge in [0.25, 0.3) is 0 Å². The van der Waals surface area contributed by atoms with Crippen LogP contribution in [-0.4, -0.2) is 46.2 Å². The van der Waals surface area contributed by atoms with Crippen molar-refractivity contribution in [2.24, 2.45) is 0 Å². The molecule has 1 unspecified atom stereocenters. The molecule has 0 aromatic rings. The minimum Gasteiger partial charge on any atom is -0.481 e. The lowest BCUT2D eigenvalue weighted by Gasteiger charge is -2.21. The summed E-state index contributed by atoms with van der Waals surface area (Å²) in [5, 5.41) is 34.0. The van der Waals surface area contributed by atoms with E-state index < -0.39 is 24.4 Å². The Hall–Kier alpha value is -2.12. The maximum atomic E-state index is 10.7. The van der Waals surface area contributed by atoms with Crippen LogP contribution in [0.3, 0.4) is 0 Å². The predicted molar refractivity (Wildman–Crippen MR) is 46.5 cm³/mol. The lowest BCUT2D eigenvalue weighted by Crippen LogP contribution is -2.43. The summed E-state index contributed by atoms with van der Waals surface area (Å²) >= 11 is 0. The number of rotatable bonds is 6. The summed E-state index contributed by atoms with van der Waals surface area (Å²) in [6.07, 6.45) is -0.640. The summed E-state index contributed by atoms with van der Waals surface area (Å²) in [6, 6.07) is 2.01. The van der Waals surface area contributed by atoms with Crippen LogP contribution in [0, 0.1) is 22.7 Å². The Balaban J connectivity index is 4.69. The molecule has 0 heterocycles. The first-order valence-corrected chi connectivity index (χ1v) is 3.95. The second-order valence-corrected chi connectivity index (χ2v) is 2.67. The highest BCUT2D eigenvalue weighted by Crippen LogP contribution is 2.04. The van der Waals surface area contributed by atoms with Gasteiger partial charge in [-0.1, -0.05) is 0 Å². The van der Waals surface area contributed by atoms with E-state index in [1.165, 1.54) is 0 Å². The zero-order valence-corrected chi connectivity index (χ0v) is 7.75. The Morgan fingerprint density at radius 1 is 1.20 bits per heavy atom. The number of nitriles is 2. The fraction of sp³-hybridized carbons (Fsp3) is 0.500. The monoisotopic (exact) mass is 211 g/mol. The molecule has 0 amide bonds. The number of nitrogens with zero attached hydrogens (tertiary/aromatic N) is 3. The molecule has 1 atom stereocenters. The minimum atomic E-state index is -1.36. The maximum absolute atomic E-state index is 10.7. The summed E-state index contributed by atoms with van der Waals surface area (Å²) in [6.45, 7) is -0.588. The third-order valence-electron chi connectivity index (χ3n) is 1.64. The van der Waals surface area contributed by atoms with Gasteiger partial charge in [-0.05, 0) is 0 Å². The highest BCUT2D eigenvalue weighted by molar-refractivity contribution is 5.80. The molecule has 0 saturated carbocycles. The van der Waals surface area contributed by atoms with E-state index in [4.69, 9.17) is 20.7 Å². The molecular weight excluding hydrogens is 202 g/mol. The van der Waals surface area contributed by atoms with E-state index in [9.17, 15) is 9.59 Å². The topological polar surface area (TPSA) is 125 Å². The van der Waals surface area contributed by atoms with Crippen LogP contribution in [0.1, 0.15) is 6.42 Å². The predicted octanol–water partition coefficient (Wildman–Crippen LogP) is -0.737. The molecule has 0 saturated heterocycles. The number of aliphatic carboxylic acids is 2. The van der Waals surface area contributed by atoms with Crippen molar-refractivity contribution in [2.75, 3.05) is 13.1 Å². The van der Waals surface area contributed by atoms with E-state index in [2.05, 4.69) is 0 Å². The van der Waals surface area contributed by atoms with Crippen molar-refractivity contribution >= 4 is 11.9 Å². The number of carbonyl (C=O) groups is 2. The highest BCUT2D eigenvalue weighted by Gasteiger charge is 2.27. The molecule has 0 aromatic carbocycles. The van der Waals surface area contributed by atoms with Crippen LogP contribution >= 0.6 is 0 Å². The molecule has 7 nitrogen and oxygen atoms in total. The molecule has 2 N–H and O–H groups in total. The van der Waals surface area contributed by atoms with Crippen LogP contribution in [0.4, 0.5) is 0 Å². The maximum Gasteiger partial charge on any atom is 0.321 e. The molecule has 7 heteroatoms. The molecule has 0 bridgehead atoms. The van der Waals surface area contributed by atoms with Crippen LogP contribution in [0.2, 0.25) is 0 Å². The average Bonchev–Trinajstić information content (AvgIpc) is 2.13. The molecule has 0 aromatic heterocycles. The molecule has 0 fully saturated rings. The first-order chi connectivity index (χ1) is 7.02. The molecule has 0 rings (SSSR count). The average molecular weight is 211 g/mol. The smallest absolute Gasteiger partial charge is 0.321 e. The normalized spacial score (nSPS) is 11.4. The van der Waals surface area contributed by atoms with Gasteiger partial charge in [-0.3, -0.25) is 14.5 Å². The van der Waals surface area contributed by atoms with Gasteiger partial charge in [0, 0.05) is 0 Å². The Kier molecular flexibility index (Phi) is 5.45. The van der Waals surface area contributed by atoms with Crippen molar-refractivity contribution in [3.8, 4) is 12.1 Å². The van der Waals surface area contributed by atoms with E-state index in [0.717, 1.165) is 4.90 Å². The first kappa shape index (κ1) is 12.9. The van der Waals surface area contributed by atoms with Gasteiger partial charge in [-0.15, -0.1) is 0 Å². The van der Waals surface area contributed by atoms with Crippen molar-refractivity contribution in [1.82, 2.24) is 4.90 Å². The van der Waals surface area contributed by atoms with Crippen molar-refractivity contribution in [3.63, 3.8) is 0 Å². The zero-order chi connectivity index (χ0) is 11.8. The second kappa shape index (κ2) is 6.35. The third-order valence-corrected chi connectivity index (χ3v) is 1.64. The Morgan fingerprint density at radius 3 is 1.93 bits per heavy atom. The van der Waals surface area contributed by atoms with Crippen LogP contribution in [0.25, 0.3) is 0 Å². The molecule has 15 heavy (non-hydrogen) atoms. The Bertz CT molecular complexity index is 312. The number of carboxylic acids is 2. The SMILES string of the molecule is N#CCN(CC#N)C(CC(=O)O)C(=O)O. The van der Waals surface area contributed by atoms with Crippen molar-refractivity contribution in [2.45, 2.75) is 12.5 Å². The number of carboxylic acid groups (broad SMARTS) is 2. The molecular formula is C8H9N3O4. The van der Waals surface area contributed by atoms with Gasteiger partial charge < -0.3 is 10.2 Å². The molecule has 0 aliphatic carbocycles. The summed E-state index contributed by atoms with van der Waals surface area (Å²) in [4.78, 5) is 22.1. The van der Waals surface area contributed by atoms with Crippen LogP contribution in [0.5, 0.6) is 0 Å². The van der Waals surface area contributed by atoms with E-state index >= 15 is 0 Å². The quantitative estimate of drug-likeness (QED) is 0.554. The summed E-state index contributed by atoms with van der Waals surface area (Å²) < 4.78 is 0. The second-order valence-electron chi connectivity index (χ2n) is 2.67. The van der Waals surface area contributed by atoms with Crippen LogP contribution in [0.15, 0.2) is 0 Å². The molecule has 0 aliphatic heterocycles. The van der Waals surface area contributed by atoms with Gasteiger partial charge in [0.2, 0.25) is 0 Å².